The monoisotopic (exact) mass is 545 g/mol. The van der Waals surface area contributed by atoms with Gasteiger partial charge in [-0.3, -0.25) is 9.59 Å². The Morgan fingerprint density at radius 1 is 0.895 bits per heavy atom. The third kappa shape index (κ3) is 4.98. The standard InChI is InChI=1S/C25H25F6N3O4/c1-33-21(13-8-14(24(26,27)28)10-15(9-13)25(29,30)31)20(23(36)34-6-4-32-5-7-34)16-11-18(37-2)19(38-3)12-17(16)22(33)35/h8-12,20-21,32H,4-7H2,1-3H3. The Kier molecular flexibility index (Phi) is 7.26. The molecule has 2 heterocycles. The highest BCUT2D eigenvalue weighted by molar-refractivity contribution is 6.02. The van der Waals surface area contributed by atoms with E-state index in [1.54, 1.807) is 0 Å². The molecule has 2 aromatic carbocycles. The summed E-state index contributed by atoms with van der Waals surface area (Å²) in [5.41, 5.74) is -3.36. The zero-order chi connectivity index (χ0) is 28.0. The minimum absolute atomic E-state index is 0.0170. The number of likely N-dealkylation sites (N-methyl/N-ethyl adjacent to an activating group) is 1. The van der Waals surface area contributed by atoms with Gasteiger partial charge in [-0.1, -0.05) is 0 Å². The summed E-state index contributed by atoms with van der Waals surface area (Å²) >= 11 is 0. The van der Waals surface area contributed by atoms with Gasteiger partial charge in [0.25, 0.3) is 5.91 Å². The molecule has 2 atom stereocenters. The van der Waals surface area contributed by atoms with Crippen LogP contribution in [0.15, 0.2) is 30.3 Å². The smallest absolute Gasteiger partial charge is 0.416 e. The van der Waals surface area contributed by atoms with E-state index in [0.717, 1.165) is 4.90 Å². The van der Waals surface area contributed by atoms with E-state index >= 15 is 0 Å². The van der Waals surface area contributed by atoms with Crippen LogP contribution in [0.4, 0.5) is 26.3 Å². The van der Waals surface area contributed by atoms with Crippen molar-refractivity contribution in [3.05, 3.63) is 58.1 Å². The number of hydrogen-bond donors (Lipinski definition) is 1. The summed E-state index contributed by atoms with van der Waals surface area (Å²) in [5.74, 6) is -2.20. The first kappa shape index (κ1) is 27.6. The highest BCUT2D eigenvalue weighted by atomic mass is 19.4. The quantitative estimate of drug-likeness (QED) is 0.587. The van der Waals surface area contributed by atoms with Crippen molar-refractivity contribution in [3.63, 3.8) is 0 Å². The summed E-state index contributed by atoms with van der Waals surface area (Å²) in [6.07, 6.45) is -10.2. The maximum Gasteiger partial charge on any atom is 0.416 e. The Morgan fingerprint density at radius 3 is 1.92 bits per heavy atom. The number of ether oxygens (including phenoxy) is 2. The van der Waals surface area contributed by atoms with Crippen LogP contribution in [0, 0.1) is 0 Å². The second kappa shape index (κ2) is 10.0. The first-order chi connectivity index (χ1) is 17.8. The van der Waals surface area contributed by atoms with E-state index in [1.807, 2.05) is 0 Å². The lowest BCUT2D eigenvalue weighted by atomic mass is 9.78. The molecule has 13 heteroatoms. The molecule has 0 radical (unpaired) electrons. The van der Waals surface area contributed by atoms with Gasteiger partial charge in [0.15, 0.2) is 11.5 Å². The summed E-state index contributed by atoms with van der Waals surface area (Å²) in [5, 5.41) is 3.09. The summed E-state index contributed by atoms with van der Waals surface area (Å²) < 4.78 is 92.7. The number of halogens is 6. The fraction of sp³-hybridized carbons (Fsp3) is 0.440. The van der Waals surface area contributed by atoms with E-state index < -0.39 is 52.8 Å². The molecule has 7 nitrogen and oxygen atoms in total. The number of methoxy groups -OCH3 is 2. The zero-order valence-electron chi connectivity index (χ0n) is 20.7. The normalized spacial score (nSPS) is 20.3. The predicted molar refractivity (Wildman–Crippen MR) is 123 cm³/mol. The average Bonchev–Trinajstić information content (AvgIpc) is 2.88. The minimum atomic E-state index is -5.10. The van der Waals surface area contributed by atoms with E-state index in [2.05, 4.69) is 5.32 Å². The molecule has 2 amide bonds. The van der Waals surface area contributed by atoms with Gasteiger partial charge in [-0.15, -0.1) is 0 Å². The number of hydrogen-bond acceptors (Lipinski definition) is 5. The molecule has 1 saturated heterocycles. The van der Waals surface area contributed by atoms with Crippen LogP contribution < -0.4 is 14.8 Å². The minimum Gasteiger partial charge on any atom is -0.493 e. The van der Waals surface area contributed by atoms with Crippen LogP contribution in [-0.4, -0.2) is 69.1 Å². The van der Waals surface area contributed by atoms with Crippen LogP contribution >= 0.6 is 0 Å². The van der Waals surface area contributed by atoms with Gasteiger partial charge in [-0.2, -0.15) is 26.3 Å². The summed E-state index contributed by atoms with van der Waals surface area (Å²) in [4.78, 5) is 29.8. The maximum atomic E-state index is 13.9. The summed E-state index contributed by atoms with van der Waals surface area (Å²) in [7, 11) is 3.92. The summed E-state index contributed by atoms with van der Waals surface area (Å²) in [6, 6.07) is 2.42. The van der Waals surface area contributed by atoms with Crippen molar-refractivity contribution in [1.29, 1.82) is 0 Å². The lowest BCUT2D eigenvalue weighted by Gasteiger charge is -2.42. The van der Waals surface area contributed by atoms with Gasteiger partial charge in [-0.25, -0.2) is 0 Å². The molecule has 206 valence electrons. The molecule has 0 aliphatic carbocycles. The lowest BCUT2D eigenvalue weighted by Crippen LogP contribution is -2.52. The van der Waals surface area contributed by atoms with Crippen LogP contribution in [0.5, 0.6) is 11.5 Å². The van der Waals surface area contributed by atoms with Gasteiger partial charge in [0.1, 0.15) is 0 Å². The second-order valence-electron chi connectivity index (χ2n) is 9.05. The van der Waals surface area contributed by atoms with E-state index in [-0.39, 0.29) is 41.8 Å². The fourth-order valence-electron chi connectivity index (χ4n) is 4.96. The van der Waals surface area contributed by atoms with Crippen molar-refractivity contribution < 1.29 is 45.4 Å². The van der Waals surface area contributed by atoms with Crippen molar-refractivity contribution in [1.82, 2.24) is 15.1 Å². The number of alkyl halides is 6. The van der Waals surface area contributed by atoms with Crippen molar-refractivity contribution in [2.75, 3.05) is 47.4 Å². The first-order valence-corrected chi connectivity index (χ1v) is 11.6. The highest BCUT2D eigenvalue weighted by Crippen LogP contribution is 2.48. The van der Waals surface area contributed by atoms with Gasteiger partial charge >= 0.3 is 12.4 Å². The SMILES string of the molecule is COc1cc2c(cc1OC)C(C(=O)N1CCNCC1)C(c1cc(C(F)(F)F)cc(C(F)(F)F)c1)N(C)C2=O. The predicted octanol–water partition coefficient (Wildman–Crippen LogP) is 4.08. The van der Waals surface area contributed by atoms with Crippen LogP contribution in [-0.2, 0) is 17.1 Å². The molecule has 4 rings (SSSR count). The molecule has 2 aliphatic rings. The molecule has 0 bridgehead atoms. The number of carbonyl (C=O) groups excluding carboxylic acids is 2. The lowest BCUT2D eigenvalue weighted by molar-refractivity contribution is -0.143. The Morgan fingerprint density at radius 2 is 1.42 bits per heavy atom. The Hall–Kier alpha value is -3.48. The molecule has 0 aromatic heterocycles. The van der Waals surface area contributed by atoms with E-state index in [0.29, 0.717) is 25.2 Å². The van der Waals surface area contributed by atoms with Gasteiger partial charge in [-0.05, 0) is 41.5 Å². The van der Waals surface area contributed by atoms with Gasteiger partial charge in [0.2, 0.25) is 5.91 Å². The number of rotatable bonds is 4. The third-order valence-corrected chi connectivity index (χ3v) is 6.82. The first-order valence-electron chi connectivity index (χ1n) is 11.6. The number of carbonyl (C=O) groups is 2. The Bertz CT molecular complexity index is 1210. The highest BCUT2D eigenvalue weighted by Gasteiger charge is 2.47. The largest absolute Gasteiger partial charge is 0.493 e. The van der Waals surface area contributed by atoms with Crippen molar-refractivity contribution in [2.45, 2.75) is 24.3 Å². The second-order valence-corrected chi connectivity index (χ2v) is 9.05. The fourth-order valence-corrected chi connectivity index (χ4v) is 4.96. The van der Waals surface area contributed by atoms with Crippen LogP contribution in [0.1, 0.15) is 44.6 Å². The van der Waals surface area contributed by atoms with E-state index in [1.165, 1.54) is 38.3 Å². The van der Waals surface area contributed by atoms with Crippen molar-refractivity contribution in [2.24, 2.45) is 0 Å². The van der Waals surface area contributed by atoms with E-state index in [4.69, 9.17) is 9.47 Å². The molecule has 2 unspecified atom stereocenters. The molecule has 38 heavy (non-hydrogen) atoms. The van der Waals surface area contributed by atoms with Crippen LogP contribution in [0.25, 0.3) is 0 Å². The average molecular weight is 545 g/mol. The number of amides is 2. The molecule has 0 spiro atoms. The van der Waals surface area contributed by atoms with Gasteiger partial charge < -0.3 is 24.6 Å². The summed E-state index contributed by atoms with van der Waals surface area (Å²) in [6.45, 7) is 1.47. The Labute approximate surface area is 214 Å². The number of nitrogens with one attached hydrogen (secondary N) is 1. The molecular weight excluding hydrogens is 520 g/mol. The van der Waals surface area contributed by atoms with Crippen molar-refractivity contribution >= 4 is 11.8 Å². The molecule has 2 aliphatic heterocycles. The third-order valence-electron chi connectivity index (χ3n) is 6.82. The van der Waals surface area contributed by atoms with Crippen LogP contribution in [0.2, 0.25) is 0 Å². The molecule has 1 N–H and O–H groups in total. The number of fused-ring (bicyclic) bond motifs is 1. The van der Waals surface area contributed by atoms with Crippen LogP contribution in [0.3, 0.4) is 0 Å². The molecule has 2 aromatic rings. The topological polar surface area (TPSA) is 71.1 Å². The number of nitrogens with zero attached hydrogens (tertiary/aromatic N) is 2. The maximum absolute atomic E-state index is 13.9. The molecule has 1 fully saturated rings. The van der Waals surface area contributed by atoms with E-state index in [9.17, 15) is 35.9 Å². The Balaban J connectivity index is 1.99. The molecule has 0 saturated carbocycles. The van der Waals surface area contributed by atoms with Gasteiger partial charge in [0, 0.05) is 38.8 Å². The number of benzene rings is 2. The molecular formula is C25H25F6N3O4. The van der Waals surface area contributed by atoms with Gasteiger partial charge in [0.05, 0.1) is 37.3 Å². The zero-order valence-corrected chi connectivity index (χ0v) is 20.7. The van der Waals surface area contributed by atoms with Crippen molar-refractivity contribution in [3.8, 4) is 11.5 Å². The number of piperazine rings is 1.